The predicted molar refractivity (Wildman–Crippen MR) is 104 cm³/mol. The number of hydrogen-bond donors (Lipinski definition) is 0. The molecule has 0 spiro atoms. The van der Waals surface area contributed by atoms with Crippen LogP contribution in [0.1, 0.15) is 25.2 Å². The lowest BCUT2D eigenvalue weighted by Gasteiger charge is -2.20. The number of aromatic nitrogens is 1. The summed E-state index contributed by atoms with van der Waals surface area (Å²) < 4.78 is 5.37. The average molecular weight is 333 g/mol. The number of anilines is 1. The molecule has 0 saturated heterocycles. The second-order valence-electron chi connectivity index (χ2n) is 5.81. The lowest BCUT2D eigenvalue weighted by atomic mass is 10.1. The van der Waals surface area contributed by atoms with Gasteiger partial charge >= 0.3 is 0 Å². The third-order valence-electron chi connectivity index (χ3n) is 4.28. The summed E-state index contributed by atoms with van der Waals surface area (Å²) in [5, 5.41) is 4.18. The molecule has 0 amide bonds. The van der Waals surface area contributed by atoms with Gasteiger partial charge in [-0.05, 0) is 45.0 Å². The maximum Gasteiger partial charge on any atom is 0.143 e. The van der Waals surface area contributed by atoms with Gasteiger partial charge in [0.25, 0.3) is 0 Å². The van der Waals surface area contributed by atoms with Gasteiger partial charge in [-0.25, -0.2) is 0 Å². The van der Waals surface area contributed by atoms with E-state index in [1.807, 2.05) is 55.6 Å². The summed E-state index contributed by atoms with van der Waals surface area (Å²) in [5.41, 5.74) is 4.89. The molecular weight excluding hydrogens is 310 g/mol. The molecule has 4 nitrogen and oxygen atoms in total. The molecule has 0 fully saturated rings. The van der Waals surface area contributed by atoms with E-state index in [1.54, 1.807) is 0 Å². The predicted octanol–water partition coefficient (Wildman–Crippen LogP) is 5.25. The van der Waals surface area contributed by atoms with Crippen LogP contribution in [-0.4, -0.2) is 24.5 Å². The highest BCUT2D eigenvalue weighted by molar-refractivity contribution is 5.91. The molecule has 0 N–H and O–H groups in total. The molecule has 3 aromatic rings. The number of rotatable bonds is 6. The first-order valence-electron chi connectivity index (χ1n) is 8.63. The van der Waals surface area contributed by atoms with E-state index < -0.39 is 0 Å². The number of aryl methyl sites for hydroxylation is 1. The molecule has 4 heteroatoms. The fourth-order valence-electron chi connectivity index (χ4n) is 2.81. The summed E-state index contributed by atoms with van der Waals surface area (Å²) in [6.45, 7) is 8.23. The third-order valence-corrected chi connectivity index (χ3v) is 4.28. The van der Waals surface area contributed by atoms with Crippen LogP contribution in [0.4, 0.5) is 11.4 Å². The maximum atomic E-state index is 5.37. The van der Waals surface area contributed by atoms with Gasteiger partial charge < -0.3 is 9.42 Å². The van der Waals surface area contributed by atoms with Crippen LogP contribution in [0.3, 0.4) is 0 Å². The van der Waals surface area contributed by atoms with E-state index in [4.69, 9.17) is 4.52 Å². The summed E-state index contributed by atoms with van der Waals surface area (Å²) in [7, 11) is 0. The van der Waals surface area contributed by atoms with Gasteiger partial charge in [0.1, 0.15) is 11.5 Å². The molecule has 1 aromatic heterocycles. The molecule has 0 aliphatic rings. The number of nitrogens with zero attached hydrogens (tertiary/aromatic N) is 3. The van der Waals surface area contributed by atoms with Gasteiger partial charge in [0.15, 0.2) is 0 Å². The molecule has 2 aromatic carbocycles. The van der Waals surface area contributed by atoms with Gasteiger partial charge in [0.05, 0.1) is 11.3 Å². The Labute approximate surface area is 148 Å². The van der Waals surface area contributed by atoms with Crippen molar-refractivity contribution in [3.8, 4) is 11.3 Å². The summed E-state index contributed by atoms with van der Waals surface area (Å²) in [6.07, 6.45) is 1.83. The highest BCUT2D eigenvalue weighted by Crippen LogP contribution is 2.25. The van der Waals surface area contributed by atoms with Crippen LogP contribution in [0.25, 0.3) is 11.3 Å². The standard InChI is InChI=1S/C21H23N3O/c1-4-24(5-2)19-13-11-18(12-14-19)22-15-20-16(3)25-23-21(20)17-9-7-6-8-10-17/h6-15H,4-5H2,1-3H3. The summed E-state index contributed by atoms with van der Waals surface area (Å²) in [6, 6.07) is 18.3. The first-order valence-corrected chi connectivity index (χ1v) is 8.63. The molecular formula is C21H23N3O. The van der Waals surface area contributed by atoms with Gasteiger partial charge in [-0.15, -0.1) is 0 Å². The van der Waals surface area contributed by atoms with Crippen LogP contribution in [0.2, 0.25) is 0 Å². The van der Waals surface area contributed by atoms with Crippen LogP contribution in [0, 0.1) is 6.92 Å². The molecule has 0 unspecified atom stereocenters. The van der Waals surface area contributed by atoms with Gasteiger partial charge in [-0.1, -0.05) is 35.5 Å². The van der Waals surface area contributed by atoms with Crippen LogP contribution < -0.4 is 4.90 Å². The Morgan fingerprint density at radius 3 is 2.32 bits per heavy atom. The second-order valence-corrected chi connectivity index (χ2v) is 5.81. The quantitative estimate of drug-likeness (QED) is 0.579. The average Bonchev–Trinajstić information content (AvgIpc) is 3.03. The summed E-state index contributed by atoms with van der Waals surface area (Å²) in [4.78, 5) is 6.91. The first kappa shape index (κ1) is 17.0. The van der Waals surface area contributed by atoms with E-state index in [0.717, 1.165) is 41.4 Å². The largest absolute Gasteiger partial charge is 0.372 e. The Kier molecular flexibility index (Phi) is 5.29. The molecule has 128 valence electrons. The van der Waals surface area contributed by atoms with Crippen LogP contribution in [0.5, 0.6) is 0 Å². The molecule has 0 radical (unpaired) electrons. The normalized spacial score (nSPS) is 11.2. The highest BCUT2D eigenvalue weighted by atomic mass is 16.5. The second kappa shape index (κ2) is 7.79. The fraction of sp³-hybridized carbons (Fsp3) is 0.238. The summed E-state index contributed by atoms with van der Waals surface area (Å²) in [5.74, 6) is 0.766. The molecule has 0 aliphatic carbocycles. The Bertz CT molecular complexity index is 831. The number of benzene rings is 2. The number of hydrogen-bond acceptors (Lipinski definition) is 4. The minimum Gasteiger partial charge on any atom is -0.372 e. The van der Waals surface area contributed by atoms with Crippen LogP contribution >= 0.6 is 0 Å². The van der Waals surface area contributed by atoms with Crippen molar-refractivity contribution in [1.82, 2.24) is 5.16 Å². The lowest BCUT2D eigenvalue weighted by molar-refractivity contribution is 0.399. The first-order chi connectivity index (χ1) is 12.2. The van der Waals surface area contributed by atoms with E-state index in [1.165, 1.54) is 5.69 Å². The van der Waals surface area contributed by atoms with E-state index in [-0.39, 0.29) is 0 Å². The summed E-state index contributed by atoms with van der Waals surface area (Å²) >= 11 is 0. The zero-order chi connectivity index (χ0) is 17.6. The molecule has 3 rings (SSSR count). The molecule has 0 atom stereocenters. The van der Waals surface area contributed by atoms with Crippen molar-refractivity contribution in [3.05, 3.63) is 65.9 Å². The van der Waals surface area contributed by atoms with E-state index >= 15 is 0 Å². The van der Waals surface area contributed by atoms with E-state index in [0.29, 0.717) is 0 Å². The van der Waals surface area contributed by atoms with Crippen molar-refractivity contribution < 1.29 is 4.52 Å². The molecule has 1 heterocycles. The van der Waals surface area contributed by atoms with Crippen molar-refractivity contribution in [2.75, 3.05) is 18.0 Å². The van der Waals surface area contributed by atoms with Crippen molar-refractivity contribution in [2.24, 2.45) is 4.99 Å². The lowest BCUT2D eigenvalue weighted by Crippen LogP contribution is -2.21. The topological polar surface area (TPSA) is 41.6 Å². The Morgan fingerprint density at radius 2 is 1.68 bits per heavy atom. The Balaban J connectivity index is 1.84. The Hall–Kier alpha value is -2.88. The molecule has 0 aliphatic heterocycles. The van der Waals surface area contributed by atoms with Gasteiger partial charge in [-0.3, -0.25) is 4.99 Å². The van der Waals surface area contributed by atoms with Crippen LogP contribution in [0.15, 0.2) is 64.1 Å². The van der Waals surface area contributed by atoms with E-state index in [2.05, 4.69) is 41.0 Å². The van der Waals surface area contributed by atoms with Crippen molar-refractivity contribution >= 4 is 17.6 Å². The third kappa shape index (κ3) is 3.79. The molecule has 0 saturated carbocycles. The SMILES string of the molecule is CCN(CC)c1ccc(N=Cc2c(-c3ccccc3)noc2C)cc1. The molecule has 0 bridgehead atoms. The van der Waals surface area contributed by atoms with Crippen molar-refractivity contribution in [3.63, 3.8) is 0 Å². The number of aliphatic imine (C=N–C) groups is 1. The monoisotopic (exact) mass is 333 g/mol. The highest BCUT2D eigenvalue weighted by Gasteiger charge is 2.12. The minimum absolute atomic E-state index is 0.766. The van der Waals surface area contributed by atoms with Gasteiger partial charge in [0, 0.05) is 30.6 Å². The smallest absolute Gasteiger partial charge is 0.143 e. The van der Waals surface area contributed by atoms with E-state index in [9.17, 15) is 0 Å². The zero-order valence-electron chi connectivity index (χ0n) is 14.9. The Morgan fingerprint density at radius 1 is 1.00 bits per heavy atom. The maximum absolute atomic E-state index is 5.37. The van der Waals surface area contributed by atoms with Crippen molar-refractivity contribution in [2.45, 2.75) is 20.8 Å². The zero-order valence-corrected chi connectivity index (χ0v) is 14.9. The van der Waals surface area contributed by atoms with Gasteiger partial charge in [0.2, 0.25) is 0 Å². The minimum atomic E-state index is 0.766. The van der Waals surface area contributed by atoms with Crippen molar-refractivity contribution in [1.29, 1.82) is 0 Å². The fourth-order valence-corrected chi connectivity index (χ4v) is 2.81. The molecule has 25 heavy (non-hydrogen) atoms. The van der Waals surface area contributed by atoms with Crippen LogP contribution in [-0.2, 0) is 0 Å². The van der Waals surface area contributed by atoms with Gasteiger partial charge in [-0.2, -0.15) is 0 Å².